The van der Waals surface area contributed by atoms with Crippen LogP contribution in [0, 0.1) is 6.92 Å². The fourth-order valence-electron chi connectivity index (χ4n) is 1.17. The summed E-state index contributed by atoms with van der Waals surface area (Å²) in [6.45, 7) is 1.88. The number of nitrogens with zero attached hydrogens (tertiary/aromatic N) is 5. The maximum Gasteiger partial charge on any atom is 0.255 e. The molecule has 0 aliphatic rings. The van der Waals surface area contributed by atoms with Gasteiger partial charge in [-0.05, 0) is 13.2 Å². The van der Waals surface area contributed by atoms with Crippen LogP contribution in [0.5, 0.6) is 5.88 Å². The molecule has 6 nitrogen and oxygen atoms in total. The highest BCUT2D eigenvalue weighted by Crippen LogP contribution is 2.12. The summed E-state index contributed by atoms with van der Waals surface area (Å²) in [5.41, 5.74) is 0.822. The van der Waals surface area contributed by atoms with E-state index in [4.69, 9.17) is 4.74 Å². The van der Waals surface area contributed by atoms with E-state index >= 15 is 0 Å². The topological polar surface area (TPSA) is 65.7 Å². The molecule has 0 saturated carbocycles. The van der Waals surface area contributed by atoms with Crippen molar-refractivity contribution in [2.24, 2.45) is 0 Å². The molecule has 0 amide bonds. The largest absolute Gasteiger partial charge is 0.481 e. The average Bonchev–Trinajstić information content (AvgIpc) is 2.76. The minimum Gasteiger partial charge on any atom is -0.481 e. The van der Waals surface area contributed by atoms with Crippen molar-refractivity contribution in [1.82, 2.24) is 24.7 Å². The van der Waals surface area contributed by atoms with Crippen LogP contribution < -0.4 is 4.74 Å². The van der Waals surface area contributed by atoms with Crippen LogP contribution >= 0.6 is 11.8 Å². The molecule has 0 radical (unpaired) electrons. The quantitative estimate of drug-likeness (QED) is 0.745. The molecule has 0 aliphatic carbocycles. The smallest absolute Gasteiger partial charge is 0.255 e. The van der Waals surface area contributed by atoms with Crippen molar-refractivity contribution >= 4 is 11.8 Å². The van der Waals surface area contributed by atoms with Crippen molar-refractivity contribution in [3.8, 4) is 11.8 Å². The maximum absolute atomic E-state index is 5.07. The fourth-order valence-corrected chi connectivity index (χ4v) is 1.49. The molecule has 2 aromatic heterocycles. The fraction of sp³-hybridized carbons (Fsp3) is 0.333. The number of methoxy groups -OCH3 is 1. The van der Waals surface area contributed by atoms with Crippen molar-refractivity contribution in [1.29, 1.82) is 0 Å². The van der Waals surface area contributed by atoms with E-state index in [0.29, 0.717) is 17.0 Å². The molecule has 0 saturated heterocycles. The van der Waals surface area contributed by atoms with Crippen molar-refractivity contribution in [2.45, 2.75) is 12.1 Å². The van der Waals surface area contributed by atoms with Crippen LogP contribution in [-0.4, -0.2) is 38.1 Å². The van der Waals surface area contributed by atoms with E-state index in [1.54, 1.807) is 19.5 Å². The highest BCUT2D eigenvalue weighted by atomic mass is 32.2. The van der Waals surface area contributed by atoms with Crippen LogP contribution in [0.3, 0.4) is 0 Å². The molecule has 16 heavy (non-hydrogen) atoms. The summed E-state index contributed by atoms with van der Waals surface area (Å²) in [5, 5.41) is 4.89. The predicted molar refractivity (Wildman–Crippen MR) is 60.0 cm³/mol. The van der Waals surface area contributed by atoms with E-state index in [0.717, 1.165) is 5.69 Å². The first-order valence-electron chi connectivity index (χ1n) is 4.58. The third-order valence-corrected chi connectivity index (χ3v) is 2.44. The Kier molecular flexibility index (Phi) is 3.04. The lowest BCUT2D eigenvalue weighted by molar-refractivity contribution is 0.395. The summed E-state index contributed by atoms with van der Waals surface area (Å²) in [6.07, 6.45) is 3.50. The van der Waals surface area contributed by atoms with Crippen LogP contribution in [0.1, 0.15) is 5.69 Å². The van der Waals surface area contributed by atoms with Gasteiger partial charge < -0.3 is 4.74 Å². The highest BCUT2D eigenvalue weighted by Gasteiger charge is 2.07. The van der Waals surface area contributed by atoms with Gasteiger partial charge in [-0.25, -0.2) is 9.97 Å². The lowest BCUT2D eigenvalue weighted by atomic mass is 10.4. The number of aryl methyl sites for hydroxylation is 1. The van der Waals surface area contributed by atoms with Crippen molar-refractivity contribution < 1.29 is 4.74 Å². The molecule has 7 heteroatoms. The molecule has 2 heterocycles. The van der Waals surface area contributed by atoms with E-state index in [9.17, 15) is 0 Å². The maximum atomic E-state index is 5.07. The van der Waals surface area contributed by atoms with Crippen molar-refractivity contribution in [3.63, 3.8) is 0 Å². The third kappa shape index (κ3) is 2.13. The van der Waals surface area contributed by atoms with E-state index < -0.39 is 0 Å². The third-order valence-electron chi connectivity index (χ3n) is 1.89. The van der Waals surface area contributed by atoms with Crippen LogP contribution in [-0.2, 0) is 0 Å². The zero-order chi connectivity index (χ0) is 11.5. The summed E-state index contributed by atoms with van der Waals surface area (Å²) in [5.74, 6) is 0.980. The van der Waals surface area contributed by atoms with Crippen molar-refractivity contribution in [2.75, 3.05) is 13.4 Å². The molecular weight excluding hydrogens is 226 g/mol. The van der Waals surface area contributed by atoms with Gasteiger partial charge in [-0.2, -0.15) is 9.67 Å². The van der Waals surface area contributed by atoms with Gasteiger partial charge in [-0.15, -0.1) is 5.10 Å². The summed E-state index contributed by atoms with van der Waals surface area (Å²) in [4.78, 5) is 12.5. The SMILES string of the molecule is COc1cc(C)nc(-n2cnc(SC)n2)n1. The molecule has 0 fully saturated rings. The van der Waals surface area contributed by atoms with Gasteiger partial charge in [0.15, 0.2) is 0 Å². The Morgan fingerprint density at radius 2 is 2.19 bits per heavy atom. The average molecular weight is 237 g/mol. The van der Waals surface area contributed by atoms with E-state index in [2.05, 4.69) is 20.1 Å². The Balaban J connectivity index is 2.42. The van der Waals surface area contributed by atoms with Crippen molar-refractivity contribution in [3.05, 3.63) is 18.1 Å². The lowest BCUT2D eigenvalue weighted by Crippen LogP contribution is -2.04. The number of hydrogen-bond acceptors (Lipinski definition) is 6. The van der Waals surface area contributed by atoms with E-state index in [-0.39, 0.29) is 0 Å². The van der Waals surface area contributed by atoms with Crippen LogP contribution in [0.15, 0.2) is 17.6 Å². The molecule has 0 unspecified atom stereocenters. The van der Waals surface area contributed by atoms with Gasteiger partial charge in [0.25, 0.3) is 5.95 Å². The molecule has 2 aromatic rings. The van der Waals surface area contributed by atoms with Gasteiger partial charge in [0.05, 0.1) is 7.11 Å². The van der Waals surface area contributed by atoms with Gasteiger partial charge in [0.2, 0.25) is 11.0 Å². The summed E-state index contributed by atoms with van der Waals surface area (Å²) >= 11 is 1.47. The number of rotatable bonds is 3. The Morgan fingerprint density at radius 1 is 1.38 bits per heavy atom. The van der Waals surface area contributed by atoms with Gasteiger partial charge in [0.1, 0.15) is 6.33 Å². The van der Waals surface area contributed by atoms with E-state index in [1.165, 1.54) is 16.4 Å². The number of aromatic nitrogens is 5. The Labute approximate surface area is 97.1 Å². The second-order valence-corrected chi connectivity index (χ2v) is 3.80. The predicted octanol–water partition coefficient (Wildman–Crippen LogP) is 1.10. The van der Waals surface area contributed by atoms with Crippen LogP contribution in [0.25, 0.3) is 5.95 Å². The van der Waals surface area contributed by atoms with Gasteiger partial charge >= 0.3 is 0 Å². The van der Waals surface area contributed by atoms with Gasteiger partial charge in [-0.3, -0.25) is 0 Å². The first kappa shape index (κ1) is 10.9. The molecule has 0 spiro atoms. The lowest BCUT2D eigenvalue weighted by Gasteiger charge is -2.03. The van der Waals surface area contributed by atoms with E-state index in [1.807, 2.05) is 13.2 Å². The molecule has 84 valence electrons. The summed E-state index contributed by atoms with van der Waals surface area (Å²) in [6, 6.07) is 1.76. The van der Waals surface area contributed by atoms with Crippen LogP contribution in [0.4, 0.5) is 0 Å². The molecule has 0 aromatic carbocycles. The summed E-state index contributed by atoms with van der Waals surface area (Å²) < 4.78 is 6.60. The molecule has 0 aliphatic heterocycles. The Bertz CT molecular complexity index is 498. The first-order valence-corrected chi connectivity index (χ1v) is 5.81. The molecule has 0 bridgehead atoms. The first-order chi connectivity index (χ1) is 7.72. The normalized spacial score (nSPS) is 10.4. The molecule has 0 atom stereocenters. The number of ether oxygens (including phenoxy) is 1. The second-order valence-electron chi connectivity index (χ2n) is 3.03. The second kappa shape index (κ2) is 4.48. The molecule has 0 N–H and O–H groups in total. The minimum atomic E-state index is 0.463. The summed E-state index contributed by atoms with van der Waals surface area (Å²) in [7, 11) is 1.57. The zero-order valence-electron chi connectivity index (χ0n) is 9.21. The minimum absolute atomic E-state index is 0.463. The zero-order valence-corrected chi connectivity index (χ0v) is 10.0. The number of thioether (sulfide) groups is 1. The van der Waals surface area contributed by atoms with Crippen LogP contribution in [0.2, 0.25) is 0 Å². The molecule has 2 rings (SSSR count). The highest BCUT2D eigenvalue weighted by molar-refractivity contribution is 7.98. The van der Waals surface area contributed by atoms with Gasteiger partial charge in [-0.1, -0.05) is 11.8 Å². The molecular formula is C9H11N5OS. The number of hydrogen-bond donors (Lipinski definition) is 0. The monoisotopic (exact) mass is 237 g/mol. The Hall–Kier alpha value is -1.63. The van der Waals surface area contributed by atoms with Gasteiger partial charge in [0, 0.05) is 11.8 Å². The Morgan fingerprint density at radius 3 is 2.81 bits per heavy atom. The standard InChI is InChI=1S/C9H11N5OS/c1-6-4-7(15-2)12-8(11-6)14-5-10-9(13-14)16-3/h4-5H,1-3H3.